The Kier molecular flexibility index (Phi) is 5.91. The van der Waals surface area contributed by atoms with E-state index in [0.717, 1.165) is 17.2 Å². The van der Waals surface area contributed by atoms with Gasteiger partial charge in [-0.25, -0.2) is 0 Å². The first kappa shape index (κ1) is 13.9. The Labute approximate surface area is 107 Å². The third kappa shape index (κ3) is 5.13. The van der Waals surface area contributed by atoms with E-state index in [-0.39, 0.29) is 5.84 Å². The lowest BCUT2D eigenvalue weighted by Gasteiger charge is -2.05. The van der Waals surface area contributed by atoms with Gasteiger partial charge in [-0.1, -0.05) is 43.3 Å². The van der Waals surface area contributed by atoms with Crippen LogP contribution in [0.3, 0.4) is 0 Å². The fraction of sp³-hybridized carbons (Fsp3) is 0.462. The molecule has 0 amide bonds. The van der Waals surface area contributed by atoms with E-state index >= 15 is 0 Å². The van der Waals surface area contributed by atoms with Gasteiger partial charge in [0.1, 0.15) is 0 Å². The molecular weight excluding hydrogens is 232 g/mol. The van der Waals surface area contributed by atoms with Gasteiger partial charge in [-0.15, -0.1) is 0 Å². The molecule has 0 saturated heterocycles. The predicted molar refractivity (Wildman–Crippen MR) is 74.6 cm³/mol. The number of benzene rings is 1. The van der Waals surface area contributed by atoms with Gasteiger partial charge >= 0.3 is 0 Å². The van der Waals surface area contributed by atoms with Crippen molar-refractivity contribution in [3.63, 3.8) is 0 Å². The van der Waals surface area contributed by atoms with Crippen LogP contribution in [0.2, 0.25) is 0 Å². The lowest BCUT2D eigenvalue weighted by atomic mass is 10.1. The van der Waals surface area contributed by atoms with Gasteiger partial charge < -0.3 is 10.9 Å². The topological polar surface area (TPSA) is 58.6 Å². The van der Waals surface area contributed by atoms with Crippen molar-refractivity contribution in [3.05, 3.63) is 35.4 Å². The molecule has 0 aliphatic rings. The second-order valence-electron chi connectivity index (χ2n) is 4.42. The largest absolute Gasteiger partial charge is 0.409 e. The van der Waals surface area contributed by atoms with Crippen LogP contribution in [-0.4, -0.2) is 16.8 Å². The predicted octanol–water partition coefficient (Wildman–Crippen LogP) is 3.06. The van der Waals surface area contributed by atoms with Crippen molar-refractivity contribution in [2.45, 2.75) is 26.0 Å². The van der Waals surface area contributed by atoms with E-state index in [4.69, 9.17) is 10.9 Å². The maximum atomic E-state index is 8.54. The fourth-order valence-electron chi connectivity index (χ4n) is 1.34. The first-order valence-electron chi connectivity index (χ1n) is 5.78. The molecule has 0 heterocycles. The molecule has 0 aromatic heterocycles. The molecule has 4 heteroatoms. The highest BCUT2D eigenvalue weighted by atomic mass is 32.2. The molecular formula is C13H20N2OS. The zero-order valence-corrected chi connectivity index (χ0v) is 11.2. The second-order valence-corrected chi connectivity index (χ2v) is 5.52. The van der Waals surface area contributed by atoms with Crippen LogP contribution < -0.4 is 5.73 Å². The monoisotopic (exact) mass is 252 g/mol. The number of oxime groups is 1. The Morgan fingerprint density at radius 3 is 2.53 bits per heavy atom. The van der Waals surface area contributed by atoms with Crippen molar-refractivity contribution in [3.8, 4) is 0 Å². The van der Waals surface area contributed by atoms with Crippen LogP contribution in [0.1, 0.15) is 31.4 Å². The molecule has 0 fully saturated rings. The molecule has 0 unspecified atom stereocenters. The summed E-state index contributed by atoms with van der Waals surface area (Å²) in [4.78, 5) is 0. The molecule has 0 spiro atoms. The van der Waals surface area contributed by atoms with E-state index in [1.807, 2.05) is 36.0 Å². The third-order valence-corrected chi connectivity index (χ3v) is 3.53. The summed E-state index contributed by atoms with van der Waals surface area (Å²) in [5.74, 6) is 3.14. The highest BCUT2D eigenvalue weighted by Gasteiger charge is 2.00. The molecule has 0 bridgehead atoms. The lowest BCUT2D eigenvalue weighted by Crippen LogP contribution is -2.12. The minimum Gasteiger partial charge on any atom is -0.409 e. The maximum absolute atomic E-state index is 8.54. The Balaban J connectivity index is 2.41. The fourth-order valence-corrected chi connectivity index (χ4v) is 2.55. The van der Waals surface area contributed by atoms with E-state index in [9.17, 15) is 0 Å². The number of nitrogens with zero attached hydrogens (tertiary/aromatic N) is 1. The summed E-state index contributed by atoms with van der Waals surface area (Å²) in [7, 11) is 0. The van der Waals surface area contributed by atoms with Gasteiger partial charge in [-0.3, -0.25) is 0 Å². The van der Waals surface area contributed by atoms with Crippen molar-refractivity contribution < 1.29 is 5.21 Å². The highest BCUT2D eigenvalue weighted by molar-refractivity contribution is 7.98. The number of hydrogen-bond acceptors (Lipinski definition) is 3. The molecule has 0 radical (unpaired) electrons. The Morgan fingerprint density at radius 1 is 1.35 bits per heavy atom. The van der Waals surface area contributed by atoms with Gasteiger partial charge in [-0.2, -0.15) is 11.8 Å². The lowest BCUT2D eigenvalue weighted by molar-refractivity contribution is 0.318. The molecule has 3 nitrogen and oxygen atoms in total. The van der Waals surface area contributed by atoms with Crippen LogP contribution in [0, 0.1) is 5.92 Å². The highest BCUT2D eigenvalue weighted by Crippen LogP contribution is 2.16. The first-order chi connectivity index (χ1) is 8.13. The van der Waals surface area contributed by atoms with Gasteiger partial charge in [0.25, 0.3) is 0 Å². The van der Waals surface area contributed by atoms with E-state index in [2.05, 4.69) is 19.0 Å². The minimum atomic E-state index is 0.156. The number of thioether (sulfide) groups is 1. The number of amidine groups is 1. The summed E-state index contributed by atoms with van der Waals surface area (Å²) in [6.07, 6.45) is 1.26. The second kappa shape index (κ2) is 7.22. The van der Waals surface area contributed by atoms with Crippen LogP contribution in [-0.2, 0) is 5.75 Å². The third-order valence-electron chi connectivity index (χ3n) is 2.47. The van der Waals surface area contributed by atoms with Crippen molar-refractivity contribution >= 4 is 17.6 Å². The Morgan fingerprint density at radius 2 is 2.00 bits per heavy atom. The van der Waals surface area contributed by atoms with Crippen LogP contribution in [0.15, 0.2) is 29.4 Å². The van der Waals surface area contributed by atoms with Crippen LogP contribution in [0.25, 0.3) is 0 Å². The van der Waals surface area contributed by atoms with E-state index in [1.54, 1.807) is 0 Å². The van der Waals surface area contributed by atoms with Crippen LogP contribution in [0.5, 0.6) is 0 Å². The molecule has 0 saturated carbocycles. The summed E-state index contributed by atoms with van der Waals surface area (Å²) >= 11 is 1.94. The Bertz CT molecular complexity index is 360. The van der Waals surface area contributed by atoms with Gasteiger partial charge in [0.15, 0.2) is 5.84 Å². The molecule has 0 aliphatic heterocycles. The van der Waals surface area contributed by atoms with Crippen LogP contribution in [0.4, 0.5) is 0 Å². The minimum absolute atomic E-state index is 0.156. The summed E-state index contributed by atoms with van der Waals surface area (Å²) in [6, 6.07) is 7.81. The van der Waals surface area contributed by atoms with Gasteiger partial charge in [0.2, 0.25) is 0 Å². The molecule has 1 aromatic rings. The molecule has 3 N–H and O–H groups in total. The molecule has 17 heavy (non-hydrogen) atoms. The van der Waals surface area contributed by atoms with E-state index < -0.39 is 0 Å². The molecule has 94 valence electrons. The number of hydrogen-bond donors (Lipinski definition) is 2. The number of nitrogens with two attached hydrogens (primary N) is 1. The zero-order chi connectivity index (χ0) is 12.7. The first-order valence-corrected chi connectivity index (χ1v) is 6.93. The SMILES string of the molecule is CC(C)CCSCc1ccc(/C(N)=N/O)cc1. The smallest absolute Gasteiger partial charge is 0.170 e. The molecule has 0 aliphatic carbocycles. The maximum Gasteiger partial charge on any atom is 0.170 e. The zero-order valence-electron chi connectivity index (χ0n) is 10.4. The Hall–Kier alpha value is -1.16. The summed E-state index contributed by atoms with van der Waals surface area (Å²) in [6.45, 7) is 4.48. The quantitative estimate of drug-likeness (QED) is 0.269. The molecule has 0 atom stereocenters. The van der Waals surface area contributed by atoms with Crippen LogP contribution >= 0.6 is 11.8 Å². The van der Waals surface area contributed by atoms with Gasteiger partial charge in [0.05, 0.1) is 0 Å². The summed E-state index contributed by atoms with van der Waals surface area (Å²) in [5, 5.41) is 11.5. The molecule has 1 aromatic carbocycles. The van der Waals surface area contributed by atoms with Gasteiger partial charge in [0, 0.05) is 11.3 Å². The average molecular weight is 252 g/mol. The van der Waals surface area contributed by atoms with Crippen molar-refractivity contribution in [2.24, 2.45) is 16.8 Å². The molecule has 1 rings (SSSR count). The van der Waals surface area contributed by atoms with Gasteiger partial charge in [-0.05, 0) is 23.7 Å². The average Bonchev–Trinajstić information content (AvgIpc) is 2.34. The summed E-state index contributed by atoms with van der Waals surface area (Å²) in [5.41, 5.74) is 7.52. The van der Waals surface area contributed by atoms with E-state index in [0.29, 0.717) is 0 Å². The van der Waals surface area contributed by atoms with E-state index in [1.165, 1.54) is 17.7 Å². The standard InChI is InChI=1S/C13H20N2OS/c1-10(2)7-8-17-9-11-3-5-12(6-4-11)13(14)15-16/h3-6,10,16H,7-9H2,1-2H3,(H2,14,15). The van der Waals surface area contributed by atoms with Crippen molar-refractivity contribution in [1.29, 1.82) is 0 Å². The normalized spacial score (nSPS) is 12.1. The van der Waals surface area contributed by atoms with Crippen molar-refractivity contribution in [2.75, 3.05) is 5.75 Å². The number of rotatable bonds is 6. The summed E-state index contributed by atoms with van der Waals surface area (Å²) < 4.78 is 0. The van der Waals surface area contributed by atoms with Crippen molar-refractivity contribution in [1.82, 2.24) is 0 Å².